The number of hydrogen-bond acceptors (Lipinski definition) is 5. The van der Waals surface area contributed by atoms with E-state index in [1.54, 1.807) is 22.0 Å². The molecule has 0 atom stereocenters. The van der Waals surface area contributed by atoms with E-state index in [2.05, 4.69) is 16.2 Å². The predicted octanol–water partition coefficient (Wildman–Crippen LogP) is 2.40. The quantitative estimate of drug-likeness (QED) is 0.712. The standard InChI is InChI=1S/C13H7N5S/c14-5-3-12-16-13-10(8-15)9(4-6-18(13)17-12)11-2-1-7-19-11/h1-2,4,6-7H,3H2. The topological polar surface area (TPSA) is 77.8 Å². The maximum Gasteiger partial charge on any atom is 0.174 e. The molecule has 5 nitrogen and oxygen atoms in total. The largest absolute Gasteiger partial charge is 0.219 e. The summed E-state index contributed by atoms with van der Waals surface area (Å²) in [5, 5.41) is 24.2. The van der Waals surface area contributed by atoms with Gasteiger partial charge in [0.05, 0.1) is 12.5 Å². The normalized spacial score (nSPS) is 10.2. The molecule has 0 saturated carbocycles. The Morgan fingerprint density at radius 2 is 2.21 bits per heavy atom. The van der Waals surface area contributed by atoms with Crippen LogP contribution in [-0.4, -0.2) is 14.6 Å². The van der Waals surface area contributed by atoms with E-state index in [-0.39, 0.29) is 6.42 Å². The molecule has 0 unspecified atom stereocenters. The van der Waals surface area contributed by atoms with E-state index < -0.39 is 0 Å². The Hall–Kier alpha value is -2.70. The van der Waals surface area contributed by atoms with Gasteiger partial charge in [0.1, 0.15) is 11.6 Å². The first-order valence-corrected chi connectivity index (χ1v) is 6.40. The van der Waals surface area contributed by atoms with Crippen molar-refractivity contribution in [2.45, 2.75) is 6.42 Å². The van der Waals surface area contributed by atoms with Crippen molar-refractivity contribution in [1.29, 1.82) is 10.5 Å². The summed E-state index contributed by atoms with van der Waals surface area (Å²) in [4.78, 5) is 5.27. The minimum atomic E-state index is 0.140. The summed E-state index contributed by atoms with van der Waals surface area (Å²) in [6.45, 7) is 0. The van der Waals surface area contributed by atoms with E-state index in [0.717, 1.165) is 10.4 Å². The predicted molar refractivity (Wildman–Crippen MR) is 70.3 cm³/mol. The van der Waals surface area contributed by atoms with Crippen LogP contribution in [0.3, 0.4) is 0 Å². The molecular formula is C13H7N5S. The third-order valence-electron chi connectivity index (χ3n) is 2.69. The van der Waals surface area contributed by atoms with Gasteiger partial charge in [-0.1, -0.05) is 6.07 Å². The van der Waals surface area contributed by atoms with Gasteiger partial charge in [-0.05, 0) is 17.5 Å². The van der Waals surface area contributed by atoms with Gasteiger partial charge in [0.25, 0.3) is 0 Å². The number of thiophene rings is 1. The second kappa shape index (κ2) is 4.52. The highest BCUT2D eigenvalue weighted by molar-refractivity contribution is 7.13. The third-order valence-corrected chi connectivity index (χ3v) is 3.59. The van der Waals surface area contributed by atoms with Gasteiger partial charge < -0.3 is 0 Å². The molecule has 90 valence electrons. The van der Waals surface area contributed by atoms with Crippen LogP contribution in [0.15, 0.2) is 29.8 Å². The number of nitriles is 2. The molecule has 19 heavy (non-hydrogen) atoms. The molecule has 0 fully saturated rings. The lowest BCUT2D eigenvalue weighted by Crippen LogP contribution is -1.92. The minimum absolute atomic E-state index is 0.140. The Morgan fingerprint density at radius 3 is 2.89 bits per heavy atom. The van der Waals surface area contributed by atoms with Crippen LogP contribution in [0.5, 0.6) is 0 Å². The van der Waals surface area contributed by atoms with Crippen molar-refractivity contribution in [3.8, 4) is 22.6 Å². The molecule has 0 saturated heterocycles. The molecule has 6 heteroatoms. The Kier molecular flexibility index (Phi) is 2.71. The van der Waals surface area contributed by atoms with Gasteiger partial charge in [-0.3, -0.25) is 0 Å². The average Bonchev–Trinajstić information content (AvgIpc) is 3.06. The van der Waals surface area contributed by atoms with Crippen molar-refractivity contribution in [1.82, 2.24) is 14.6 Å². The molecule has 0 N–H and O–H groups in total. The zero-order valence-corrected chi connectivity index (χ0v) is 10.6. The first-order chi connectivity index (χ1) is 9.33. The van der Waals surface area contributed by atoms with E-state index in [4.69, 9.17) is 5.26 Å². The molecule has 0 radical (unpaired) electrons. The van der Waals surface area contributed by atoms with Crippen molar-refractivity contribution in [3.05, 3.63) is 41.2 Å². The molecule has 0 aromatic carbocycles. The summed E-state index contributed by atoms with van der Waals surface area (Å²) < 4.78 is 1.54. The molecule has 0 spiro atoms. The van der Waals surface area contributed by atoms with Crippen molar-refractivity contribution < 1.29 is 0 Å². The first-order valence-electron chi connectivity index (χ1n) is 5.52. The summed E-state index contributed by atoms with van der Waals surface area (Å²) in [6.07, 6.45) is 1.90. The smallest absolute Gasteiger partial charge is 0.174 e. The Balaban J connectivity index is 2.27. The number of nitrogens with zero attached hydrogens (tertiary/aromatic N) is 5. The van der Waals surface area contributed by atoms with Gasteiger partial charge in [-0.15, -0.1) is 11.3 Å². The molecule has 0 bridgehead atoms. The van der Waals surface area contributed by atoms with Crippen molar-refractivity contribution in [2.75, 3.05) is 0 Å². The van der Waals surface area contributed by atoms with Crippen LogP contribution in [0.1, 0.15) is 11.4 Å². The van der Waals surface area contributed by atoms with Gasteiger partial charge >= 0.3 is 0 Å². The second-order valence-electron chi connectivity index (χ2n) is 3.82. The zero-order chi connectivity index (χ0) is 13.2. The van der Waals surface area contributed by atoms with Crippen molar-refractivity contribution in [2.24, 2.45) is 0 Å². The third kappa shape index (κ3) is 1.85. The molecule has 0 aliphatic carbocycles. The Bertz CT molecular complexity index is 817. The maximum atomic E-state index is 9.36. The summed E-state index contributed by atoms with van der Waals surface area (Å²) in [5.74, 6) is 0.433. The summed E-state index contributed by atoms with van der Waals surface area (Å²) >= 11 is 1.57. The summed E-state index contributed by atoms with van der Waals surface area (Å²) in [7, 11) is 0. The maximum absolute atomic E-state index is 9.36. The highest BCUT2D eigenvalue weighted by Crippen LogP contribution is 2.29. The van der Waals surface area contributed by atoms with Crippen LogP contribution in [0.4, 0.5) is 0 Å². The van der Waals surface area contributed by atoms with Crippen LogP contribution in [-0.2, 0) is 6.42 Å². The molecular weight excluding hydrogens is 258 g/mol. The SMILES string of the molecule is N#CCc1nc2c(C#N)c(-c3cccs3)ccn2n1. The highest BCUT2D eigenvalue weighted by Gasteiger charge is 2.14. The fourth-order valence-corrected chi connectivity index (χ4v) is 2.64. The lowest BCUT2D eigenvalue weighted by atomic mass is 10.1. The fraction of sp³-hybridized carbons (Fsp3) is 0.0769. The number of rotatable bonds is 2. The van der Waals surface area contributed by atoms with Gasteiger partial charge in [0.15, 0.2) is 11.5 Å². The number of fused-ring (bicyclic) bond motifs is 1. The Labute approximate surface area is 113 Å². The summed E-state index contributed by atoms with van der Waals surface area (Å²) in [6, 6.07) is 9.94. The van der Waals surface area contributed by atoms with Crippen LogP contribution in [0.25, 0.3) is 16.1 Å². The van der Waals surface area contributed by atoms with Crippen LogP contribution < -0.4 is 0 Å². The zero-order valence-electron chi connectivity index (χ0n) is 9.74. The highest BCUT2D eigenvalue weighted by atomic mass is 32.1. The fourth-order valence-electron chi connectivity index (χ4n) is 1.88. The first kappa shape index (κ1) is 11.4. The average molecular weight is 265 g/mol. The molecule has 0 aliphatic heterocycles. The van der Waals surface area contributed by atoms with Gasteiger partial charge in [-0.2, -0.15) is 15.6 Å². The van der Waals surface area contributed by atoms with Crippen LogP contribution in [0.2, 0.25) is 0 Å². The minimum Gasteiger partial charge on any atom is -0.219 e. The van der Waals surface area contributed by atoms with E-state index in [1.807, 2.05) is 29.6 Å². The summed E-state index contributed by atoms with van der Waals surface area (Å²) in [5.41, 5.74) is 1.83. The number of hydrogen-bond donors (Lipinski definition) is 0. The van der Waals surface area contributed by atoms with Crippen LogP contribution >= 0.6 is 11.3 Å². The second-order valence-corrected chi connectivity index (χ2v) is 4.77. The molecule has 3 rings (SSSR count). The van der Waals surface area contributed by atoms with E-state index >= 15 is 0 Å². The van der Waals surface area contributed by atoms with Gasteiger partial charge in [0.2, 0.25) is 0 Å². The molecule has 3 aromatic heterocycles. The van der Waals surface area contributed by atoms with Gasteiger partial charge in [-0.25, -0.2) is 9.50 Å². The van der Waals surface area contributed by atoms with E-state index in [0.29, 0.717) is 17.0 Å². The van der Waals surface area contributed by atoms with Crippen molar-refractivity contribution in [3.63, 3.8) is 0 Å². The van der Waals surface area contributed by atoms with E-state index in [1.165, 1.54) is 0 Å². The van der Waals surface area contributed by atoms with Crippen LogP contribution in [0, 0.1) is 22.7 Å². The molecule has 0 amide bonds. The van der Waals surface area contributed by atoms with E-state index in [9.17, 15) is 5.26 Å². The van der Waals surface area contributed by atoms with Crippen molar-refractivity contribution >= 4 is 17.0 Å². The lowest BCUT2D eigenvalue weighted by molar-refractivity contribution is 0.910. The lowest BCUT2D eigenvalue weighted by Gasteiger charge is -2.01. The molecule has 0 aliphatic rings. The monoisotopic (exact) mass is 265 g/mol. The number of pyridine rings is 1. The molecule has 3 heterocycles. The Morgan fingerprint density at radius 1 is 1.32 bits per heavy atom. The number of aromatic nitrogens is 3. The van der Waals surface area contributed by atoms with Gasteiger partial charge in [0, 0.05) is 16.6 Å². The molecule has 3 aromatic rings.